The molecule has 4 rings (SSSR count). The molecule has 1 aliphatic rings. The molecule has 1 fully saturated rings. The minimum absolute atomic E-state index is 0.0463. The maximum Gasteiger partial charge on any atom is 0.407 e. The largest absolute Gasteiger partial charge is 0.444 e. The molecule has 3 N–H and O–H groups in total. The quantitative estimate of drug-likeness (QED) is 0.360. The smallest absolute Gasteiger partial charge is 0.407 e. The van der Waals surface area contributed by atoms with Crippen LogP contribution in [-0.4, -0.2) is 40.8 Å². The Hall–Kier alpha value is -2.52. The first kappa shape index (κ1) is 23.6. The zero-order valence-electron chi connectivity index (χ0n) is 18.6. The van der Waals surface area contributed by atoms with Gasteiger partial charge in [-0.1, -0.05) is 11.6 Å². The lowest BCUT2D eigenvalue weighted by molar-refractivity contribution is 0.0500. The number of hydrogen-bond acceptors (Lipinski definition) is 5. The standard InChI is InChI=1S/C23H26BrClFN5O2/c1-23(2,3)33-22(32)30-14-5-4-8-31(12-14)20-15(24)10-27-21-19(20)18(11-28-21)29-13-6-7-17(26)16(25)9-13/h6-7,9-11,14,29H,4-5,8,12H2,1-3H3,(H,27,28)(H,30,32)/t14-/m1/s1. The molecular formula is C23H26BrClFN5O2. The Morgan fingerprint density at radius 2 is 2.18 bits per heavy atom. The van der Waals surface area contributed by atoms with Crippen LogP contribution in [0.5, 0.6) is 0 Å². The van der Waals surface area contributed by atoms with Crippen LogP contribution in [-0.2, 0) is 4.74 Å². The number of aromatic nitrogens is 2. The van der Waals surface area contributed by atoms with Gasteiger partial charge in [-0.2, -0.15) is 0 Å². The molecule has 0 saturated carbocycles. The topological polar surface area (TPSA) is 82.3 Å². The van der Waals surface area contributed by atoms with Gasteiger partial charge in [-0.05, 0) is 67.7 Å². The van der Waals surface area contributed by atoms with Crippen LogP contribution < -0.4 is 15.5 Å². The number of alkyl carbamates (subject to hydrolysis) is 1. The van der Waals surface area contributed by atoms with Gasteiger partial charge in [-0.3, -0.25) is 0 Å². The molecule has 0 bridgehead atoms. The third-order valence-corrected chi connectivity index (χ3v) is 6.16. The monoisotopic (exact) mass is 537 g/mol. The number of benzene rings is 1. The highest BCUT2D eigenvalue weighted by Gasteiger charge is 2.27. The molecular weight excluding hydrogens is 513 g/mol. The highest BCUT2D eigenvalue weighted by Crippen LogP contribution is 2.40. The maximum absolute atomic E-state index is 13.6. The Balaban J connectivity index is 1.61. The van der Waals surface area contributed by atoms with E-state index in [9.17, 15) is 9.18 Å². The lowest BCUT2D eigenvalue weighted by atomic mass is 10.0. The van der Waals surface area contributed by atoms with E-state index in [4.69, 9.17) is 16.3 Å². The molecule has 0 aliphatic carbocycles. The molecule has 0 radical (unpaired) electrons. The fourth-order valence-electron chi connectivity index (χ4n) is 3.97. The van der Waals surface area contributed by atoms with E-state index in [0.29, 0.717) is 17.9 Å². The number of anilines is 3. The van der Waals surface area contributed by atoms with Gasteiger partial charge >= 0.3 is 6.09 Å². The van der Waals surface area contributed by atoms with E-state index in [1.54, 1.807) is 18.3 Å². The van der Waals surface area contributed by atoms with Gasteiger partial charge in [0.15, 0.2) is 0 Å². The fraction of sp³-hybridized carbons (Fsp3) is 0.391. The average Bonchev–Trinajstić information content (AvgIpc) is 3.12. The van der Waals surface area contributed by atoms with Crippen molar-refractivity contribution >= 4 is 61.7 Å². The number of piperidine rings is 1. The summed E-state index contributed by atoms with van der Waals surface area (Å²) in [5.41, 5.74) is 2.59. The van der Waals surface area contributed by atoms with Crippen LogP contribution in [0, 0.1) is 5.82 Å². The number of halogens is 3. The van der Waals surface area contributed by atoms with E-state index in [2.05, 4.69) is 41.4 Å². The van der Waals surface area contributed by atoms with E-state index in [0.717, 1.165) is 40.6 Å². The number of amides is 1. The van der Waals surface area contributed by atoms with Crippen LogP contribution in [0.3, 0.4) is 0 Å². The Kier molecular flexibility index (Phi) is 6.72. The molecule has 3 heterocycles. The van der Waals surface area contributed by atoms with Gasteiger partial charge < -0.3 is 25.3 Å². The normalized spacial score (nSPS) is 16.7. The molecule has 1 aliphatic heterocycles. The third kappa shape index (κ3) is 5.52. The number of H-pyrrole nitrogens is 1. The van der Waals surface area contributed by atoms with Gasteiger partial charge in [0.05, 0.1) is 26.3 Å². The summed E-state index contributed by atoms with van der Waals surface area (Å²) in [4.78, 5) is 22.2. The maximum atomic E-state index is 13.6. The first-order valence-electron chi connectivity index (χ1n) is 10.7. The van der Waals surface area contributed by atoms with Gasteiger partial charge in [0, 0.05) is 37.2 Å². The molecule has 10 heteroatoms. The number of rotatable bonds is 4. The number of hydrogen-bond donors (Lipinski definition) is 3. The molecule has 3 aromatic rings. The summed E-state index contributed by atoms with van der Waals surface area (Å²) in [7, 11) is 0. The lowest BCUT2D eigenvalue weighted by Crippen LogP contribution is -2.49. The number of carbonyl (C=O) groups excluding carboxylic acids is 1. The van der Waals surface area contributed by atoms with Crippen LogP contribution in [0.4, 0.5) is 26.2 Å². The predicted octanol–water partition coefficient (Wildman–Crippen LogP) is 6.36. The van der Waals surface area contributed by atoms with Gasteiger partial charge in [-0.25, -0.2) is 14.2 Å². The summed E-state index contributed by atoms with van der Waals surface area (Å²) in [5.74, 6) is -0.469. The second-order valence-corrected chi connectivity index (χ2v) is 10.3. The van der Waals surface area contributed by atoms with Gasteiger partial charge in [0.1, 0.15) is 17.1 Å². The van der Waals surface area contributed by atoms with E-state index in [1.807, 2.05) is 27.0 Å². The van der Waals surface area contributed by atoms with Crippen molar-refractivity contribution in [3.63, 3.8) is 0 Å². The molecule has 33 heavy (non-hydrogen) atoms. The van der Waals surface area contributed by atoms with E-state index in [-0.39, 0.29) is 11.1 Å². The van der Waals surface area contributed by atoms with Gasteiger partial charge in [0.25, 0.3) is 0 Å². The number of carbonyl (C=O) groups is 1. The summed E-state index contributed by atoms with van der Waals surface area (Å²) >= 11 is 9.61. The molecule has 1 atom stereocenters. The Bertz CT molecular complexity index is 1180. The van der Waals surface area contributed by atoms with Crippen LogP contribution in [0.2, 0.25) is 5.02 Å². The van der Waals surface area contributed by atoms with Crippen molar-refractivity contribution in [1.29, 1.82) is 0 Å². The van der Waals surface area contributed by atoms with Crippen molar-refractivity contribution in [2.24, 2.45) is 0 Å². The number of pyridine rings is 1. The van der Waals surface area contributed by atoms with Crippen LogP contribution in [0.1, 0.15) is 33.6 Å². The minimum Gasteiger partial charge on any atom is -0.444 e. The number of ether oxygens (including phenoxy) is 1. The van der Waals surface area contributed by atoms with Gasteiger partial charge in [-0.15, -0.1) is 0 Å². The zero-order valence-corrected chi connectivity index (χ0v) is 21.0. The molecule has 1 saturated heterocycles. The molecule has 1 aromatic carbocycles. The highest BCUT2D eigenvalue weighted by molar-refractivity contribution is 9.10. The summed E-state index contributed by atoms with van der Waals surface area (Å²) in [6.07, 6.45) is 4.96. The Morgan fingerprint density at radius 1 is 1.39 bits per heavy atom. The minimum atomic E-state index is -0.548. The molecule has 176 valence electrons. The summed E-state index contributed by atoms with van der Waals surface area (Å²) in [5, 5.41) is 7.25. The van der Waals surface area contributed by atoms with Crippen molar-refractivity contribution in [3.05, 3.63) is 45.9 Å². The summed E-state index contributed by atoms with van der Waals surface area (Å²) < 4.78 is 19.8. The van der Waals surface area contributed by atoms with E-state index >= 15 is 0 Å². The number of nitrogens with one attached hydrogen (secondary N) is 3. The second-order valence-electron chi connectivity index (χ2n) is 9.07. The predicted molar refractivity (Wildman–Crippen MR) is 133 cm³/mol. The average molecular weight is 539 g/mol. The van der Waals surface area contributed by atoms with Crippen LogP contribution >= 0.6 is 27.5 Å². The van der Waals surface area contributed by atoms with Crippen molar-refractivity contribution in [2.75, 3.05) is 23.3 Å². The summed E-state index contributed by atoms with van der Waals surface area (Å²) in [6, 6.07) is 4.46. The highest BCUT2D eigenvalue weighted by atomic mass is 79.9. The van der Waals surface area contributed by atoms with Crippen LogP contribution in [0.15, 0.2) is 35.1 Å². The van der Waals surface area contributed by atoms with Crippen molar-refractivity contribution in [2.45, 2.75) is 45.3 Å². The second kappa shape index (κ2) is 9.38. The molecule has 2 aromatic heterocycles. The number of nitrogens with zero attached hydrogens (tertiary/aromatic N) is 2. The number of aromatic amines is 1. The Labute approximate surface area is 205 Å². The van der Waals surface area contributed by atoms with Gasteiger partial charge in [0.2, 0.25) is 0 Å². The third-order valence-electron chi connectivity index (χ3n) is 5.29. The van der Waals surface area contributed by atoms with E-state index in [1.165, 1.54) is 6.07 Å². The Morgan fingerprint density at radius 3 is 2.91 bits per heavy atom. The number of fused-ring (bicyclic) bond motifs is 1. The van der Waals surface area contributed by atoms with E-state index < -0.39 is 17.5 Å². The molecule has 0 unspecified atom stereocenters. The lowest BCUT2D eigenvalue weighted by Gasteiger charge is -2.36. The first-order chi connectivity index (χ1) is 15.6. The van der Waals surface area contributed by atoms with Crippen molar-refractivity contribution < 1.29 is 13.9 Å². The fourth-order valence-corrected chi connectivity index (χ4v) is 4.70. The van der Waals surface area contributed by atoms with Crippen molar-refractivity contribution in [1.82, 2.24) is 15.3 Å². The first-order valence-corrected chi connectivity index (χ1v) is 11.9. The molecule has 0 spiro atoms. The zero-order chi connectivity index (χ0) is 23.8. The van der Waals surface area contributed by atoms with Crippen molar-refractivity contribution in [3.8, 4) is 0 Å². The molecule has 1 amide bonds. The summed E-state index contributed by atoms with van der Waals surface area (Å²) in [6.45, 7) is 7.00. The van der Waals surface area contributed by atoms with Crippen LogP contribution in [0.25, 0.3) is 11.0 Å². The SMILES string of the molecule is CC(C)(C)OC(=O)N[C@@H]1CCCN(c2c(Br)cnc3[nH]cc(Nc4ccc(F)c(Cl)c4)c23)C1. The molecule has 7 nitrogen and oxygen atoms in total.